The van der Waals surface area contributed by atoms with E-state index in [-0.39, 0.29) is 5.54 Å². The molecule has 0 radical (unpaired) electrons. The Labute approximate surface area is 129 Å². The van der Waals surface area contributed by atoms with Gasteiger partial charge in [-0.05, 0) is 58.4 Å². The molecule has 0 spiro atoms. The molecule has 1 aliphatic carbocycles. The Morgan fingerprint density at radius 2 is 1.95 bits per heavy atom. The maximum absolute atomic E-state index is 6.12. The second-order valence-corrected chi connectivity index (χ2v) is 7.42. The van der Waals surface area contributed by atoms with Crippen LogP contribution < -0.4 is 10.1 Å². The Balaban J connectivity index is 1.98. The molecule has 3 heteroatoms. The van der Waals surface area contributed by atoms with E-state index in [1.807, 2.05) is 6.07 Å². The zero-order valence-corrected chi connectivity index (χ0v) is 14.2. The molecule has 2 rings (SSSR count). The number of rotatable bonds is 4. The van der Waals surface area contributed by atoms with Crippen LogP contribution in [0.3, 0.4) is 0 Å². The summed E-state index contributed by atoms with van der Waals surface area (Å²) in [6.07, 6.45) is 5.39. The number of nitrogens with zero attached hydrogens (tertiary/aromatic N) is 1. The molecule has 1 aromatic rings. The molecule has 21 heavy (non-hydrogen) atoms. The normalized spacial score (nSPS) is 23.1. The van der Waals surface area contributed by atoms with Crippen molar-refractivity contribution < 1.29 is 4.74 Å². The monoisotopic (exact) mass is 290 g/mol. The van der Waals surface area contributed by atoms with Crippen LogP contribution in [0.1, 0.15) is 64.6 Å². The SMILES string of the molecule is Cc1nc(OC2CCCCC2C)ccc1CNC(C)(C)C. The first-order chi connectivity index (χ1) is 9.85. The molecule has 0 aliphatic heterocycles. The van der Waals surface area contributed by atoms with Gasteiger partial charge >= 0.3 is 0 Å². The van der Waals surface area contributed by atoms with Gasteiger partial charge in [0.15, 0.2) is 0 Å². The highest BCUT2D eigenvalue weighted by Crippen LogP contribution is 2.27. The molecule has 0 saturated heterocycles. The first kappa shape index (κ1) is 16.3. The van der Waals surface area contributed by atoms with Crippen molar-refractivity contribution in [2.45, 2.75) is 78.5 Å². The second kappa shape index (κ2) is 6.78. The molecule has 0 amide bonds. The summed E-state index contributed by atoms with van der Waals surface area (Å²) in [4.78, 5) is 4.64. The molecule has 1 aromatic heterocycles. The van der Waals surface area contributed by atoms with E-state index in [9.17, 15) is 0 Å². The fourth-order valence-corrected chi connectivity index (χ4v) is 2.79. The van der Waals surface area contributed by atoms with Gasteiger partial charge < -0.3 is 10.1 Å². The molecule has 1 aliphatic rings. The van der Waals surface area contributed by atoms with Gasteiger partial charge in [0.2, 0.25) is 5.88 Å². The minimum Gasteiger partial charge on any atom is -0.474 e. The minimum atomic E-state index is 0.124. The molecule has 2 atom stereocenters. The van der Waals surface area contributed by atoms with Gasteiger partial charge in [-0.25, -0.2) is 4.98 Å². The maximum Gasteiger partial charge on any atom is 0.213 e. The summed E-state index contributed by atoms with van der Waals surface area (Å²) in [5.41, 5.74) is 2.43. The van der Waals surface area contributed by atoms with Crippen molar-refractivity contribution in [3.05, 3.63) is 23.4 Å². The van der Waals surface area contributed by atoms with Gasteiger partial charge in [0.05, 0.1) is 0 Å². The lowest BCUT2D eigenvalue weighted by Gasteiger charge is -2.29. The highest BCUT2D eigenvalue weighted by Gasteiger charge is 2.23. The number of nitrogens with one attached hydrogen (secondary N) is 1. The van der Waals surface area contributed by atoms with Crippen molar-refractivity contribution in [3.63, 3.8) is 0 Å². The molecule has 1 fully saturated rings. The van der Waals surface area contributed by atoms with Crippen LogP contribution in [0, 0.1) is 12.8 Å². The van der Waals surface area contributed by atoms with Crippen molar-refractivity contribution in [1.82, 2.24) is 10.3 Å². The summed E-state index contributed by atoms with van der Waals surface area (Å²) in [5.74, 6) is 1.42. The zero-order chi connectivity index (χ0) is 15.5. The Morgan fingerprint density at radius 3 is 2.57 bits per heavy atom. The fourth-order valence-electron chi connectivity index (χ4n) is 2.79. The van der Waals surface area contributed by atoms with E-state index in [0.29, 0.717) is 12.0 Å². The summed E-state index contributed by atoms with van der Waals surface area (Å²) in [7, 11) is 0. The second-order valence-electron chi connectivity index (χ2n) is 7.42. The molecule has 2 unspecified atom stereocenters. The van der Waals surface area contributed by atoms with E-state index in [1.54, 1.807) is 0 Å². The van der Waals surface area contributed by atoms with Crippen LogP contribution in [-0.2, 0) is 6.54 Å². The Kier molecular flexibility index (Phi) is 5.26. The average Bonchev–Trinajstić information content (AvgIpc) is 2.39. The van der Waals surface area contributed by atoms with Crippen LogP contribution in [0.25, 0.3) is 0 Å². The number of pyridine rings is 1. The van der Waals surface area contributed by atoms with Crippen molar-refractivity contribution in [2.24, 2.45) is 5.92 Å². The zero-order valence-electron chi connectivity index (χ0n) is 14.2. The highest BCUT2D eigenvalue weighted by molar-refractivity contribution is 5.25. The highest BCUT2D eigenvalue weighted by atomic mass is 16.5. The lowest BCUT2D eigenvalue weighted by molar-refractivity contribution is 0.0974. The molecule has 3 nitrogen and oxygen atoms in total. The summed E-state index contributed by atoms with van der Waals surface area (Å²) in [5, 5.41) is 3.51. The molecule has 1 saturated carbocycles. The van der Waals surface area contributed by atoms with Crippen LogP contribution in [0.2, 0.25) is 0 Å². The number of hydrogen-bond donors (Lipinski definition) is 1. The predicted octanol–water partition coefficient (Wildman–Crippen LogP) is 4.24. The van der Waals surface area contributed by atoms with Crippen LogP contribution in [0.5, 0.6) is 5.88 Å². The Morgan fingerprint density at radius 1 is 1.24 bits per heavy atom. The Hall–Kier alpha value is -1.09. The van der Waals surface area contributed by atoms with E-state index in [0.717, 1.165) is 24.5 Å². The Bertz CT molecular complexity index is 465. The van der Waals surface area contributed by atoms with Crippen LogP contribution in [-0.4, -0.2) is 16.6 Å². The smallest absolute Gasteiger partial charge is 0.213 e. The lowest BCUT2D eigenvalue weighted by Crippen LogP contribution is -2.35. The van der Waals surface area contributed by atoms with Crippen LogP contribution in [0.4, 0.5) is 0 Å². The third kappa shape index (κ3) is 4.99. The van der Waals surface area contributed by atoms with Crippen molar-refractivity contribution >= 4 is 0 Å². The van der Waals surface area contributed by atoms with E-state index >= 15 is 0 Å². The maximum atomic E-state index is 6.12. The van der Waals surface area contributed by atoms with Crippen molar-refractivity contribution in [1.29, 1.82) is 0 Å². The van der Waals surface area contributed by atoms with Gasteiger partial charge in [-0.3, -0.25) is 0 Å². The van der Waals surface area contributed by atoms with Gasteiger partial charge in [-0.2, -0.15) is 0 Å². The van der Waals surface area contributed by atoms with Crippen LogP contribution >= 0.6 is 0 Å². The van der Waals surface area contributed by atoms with Gasteiger partial charge in [-0.1, -0.05) is 19.4 Å². The summed E-state index contributed by atoms with van der Waals surface area (Å²) in [6.45, 7) is 11.7. The van der Waals surface area contributed by atoms with Gasteiger partial charge in [0, 0.05) is 23.8 Å². The van der Waals surface area contributed by atoms with E-state index in [1.165, 1.54) is 24.8 Å². The lowest BCUT2D eigenvalue weighted by atomic mass is 9.88. The standard InChI is InChI=1S/C18H30N2O/c1-13-8-6-7-9-16(13)21-17-11-10-15(14(2)20-17)12-19-18(3,4)5/h10-11,13,16,19H,6-9,12H2,1-5H3. The number of aryl methyl sites for hydroxylation is 1. The van der Waals surface area contributed by atoms with E-state index in [4.69, 9.17) is 4.74 Å². The summed E-state index contributed by atoms with van der Waals surface area (Å²) < 4.78 is 6.12. The summed E-state index contributed by atoms with van der Waals surface area (Å²) in [6, 6.07) is 4.16. The van der Waals surface area contributed by atoms with Gasteiger partial charge in [0.25, 0.3) is 0 Å². The molecule has 0 bridgehead atoms. The minimum absolute atomic E-state index is 0.124. The van der Waals surface area contributed by atoms with Crippen molar-refractivity contribution in [3.8, 4) is 5.88 Å². The molecule has 0 aromatic carbocycles. The molecule has 1 N–H and O–H groups in total. The summed E-state index contributed by atoms with van der Waals surface area (Å²) >= 11 is 0. The van der Waals surface area contributed by atoms with Crippen molar-refractivity contribution in [2.75, 3.05) is 0 Å². The molecule has 118 valence electrons. The number of hydrogen-bond acceptors (Lipinski definition) is 3. The first-order valence-electron chi connectivity index (χ1n) is 8.23. The third-order valence-electron chi connectivity index (χ3n) is 4.28. The van der Waals surface area contributed by atoms with E-state index < -0.39 is 0 Å². The molecular weight excluding hydrogens is 260 g/mol. The van der Waals surface area contributed by atoms with Gasteiger partial charge in [0.1, 0.15) is 6.10 Å². The third-order valence-corrected chi connectivity index (χ3v) is 4.28. The fraction of sp³-hybridized carbons (Fsp3) is 0.722. The predicted molar refractivity (Wildman–Crippen MR) is 87.6 cm³/mol. The molecular formula is C18H30N2O. The topological polar surface area (TPSA) is 34.1 Å². The quantitative estimate of drug-likeness (QED) is 0.900. The van der Waals surface area contributed by atoms with E-state index in [2.05, 4.69) is 51.0 Å². The average molecular weight is 290 g/mol. The number of aromatic nitrogens is 1. The molecule has 1 heterocycles. The first-order valence-corrected chi connectivity index (χ1v) is 8.23. The van der Waals surface area contributed by atoms with Gasteiger partial charge in [-0.15, -0.1) is 0 Å². The largest absolute Gasteiger partial charge is 0.474 e. The number of ether oxygens (including phenoxy) is 1. The van der Waals surface area contributed by atoms with Crippen LogP contribution in [0.15, 0.2) is 12.1 Å².